The Balaban J connectivity index is 1.72. The minimum absolute atomic E-state index is 0.0194. The number of hydrogen-bond donors (Lipinski definition) is 0. The summed E-state index contributed by atoms with van der Waals surface area (Å²) in [6.45, 7) is 0. The number of pyridine rings is 2. The van der Waals surface area contributed by atoms with Crippen LogP contribution in [0.2, 0.25) is 0 Å². The second-order valence-corrected chi connectivity index (χ2v) is 7.97. The second kappa shape index (κ2) is 7.32. The number of halogens is 1. The molecule has 30 heavy (non-hydrogen) atoms. The Kier molecular flexibility index (Phi) is 4.62. The van der Waals surface area contributed by atoms with Gasteiger partial charge in [-0.1, -0.05) is 6.07 Å². The number of methoxy groups -OCH3 is 1. The first-order valence-corrected chi connectivity index (χ1v) is 10.2. The van der Waals surface area contributed by atoms with Crippen LogP contribution in [-0.4, -0.2) is 32.3 Å². The predicted octanol–water partition coefficient (Wildman–Crippen LogP) is 4.22. The number of rotatable bonds is 3. The van der Waals surface area contributed by atoms with Crippen molar-refractivity contribution in [2.75, 3.05) is 7.11 Å². The zero-order valence-corrected chi connectivity index (χ0v) is 17.0. The van der Waals surface area contributed by atoms with Crippen molar-refractivity contribution in [3.63, 3.8) is 0 Å². The Labute approximate surface area is 172 Å². The van der Waals surface area contributed by atoms with Gasteiger partial charge in [-0.15, -0.1) is 0 Å². The van der Waals surface area contributed by atoms with Crippen LogP contribution >= 0.6 is 0 Å². The molecule has 3 heterocycles. The van der Waals surface area contributed by atoms with E-state index in [2.05, 4.69) is 9.97 Å². The van der Waals surface area contributed by atoms with Gasteiger partial charge in [0.2, 0.25) is 5.95 Å². The van der Waals surface area contributed by atoms with Gasteiger partial charge in [0.25, 0.3) is 0 Å². The Bertz CT molecular complexity index is 1280. The number of nitrogens with zero attached hydrogens (tertiary/aromatic N) is 4. The first-order valence-electron chi connectivity index (χ1n) is 10.2. The Morgan fingerprint density at radius 2 is 1.80 bits per heavy atom. The average Bonchev–Trinajstić information content (AvgIpc) is 3.04. The number of benzene rings is 1. The van der Waals surface area contributed by atoms with Gasteiger partial charge in [-0.25, -0.2) is 9.78 Å². The zero-order valence-electron chi connectivity index (χ0n) is 17.0. The van der Waals surface area contributed by atoms with Crippen molar-refractivity contribution in [1.82, 2.24) is 19.1 Å². The third kappa shape index (κ3) is 3.01. The minimum Gasteiger partial charge on any atom is -0.381 e. The van der Waals surface area contributed by atoms with E-state index in [0.717, 1.165) is 58.7 Å². The van der Waals surface area contributed by atoms with E-state index in [1.807, 2.05) is 22.8 Å². The van der Waals surface area contributed by atoms with Crippen molar-refractivity contribution >= 4 is 21.9 Å². The van der Waals surface area contributed by atoms with Crippen molar-refractivity contribution in [2.45, 2.75) is 37.8 Å². The number of aromatic nitrogens is 4. The molecule has 0 radical (unpaired) electrons. The molecule has 7 heteroatoms. The number of ether oxygens (including phenoxy) is 1. The quantitative estimate of drug-likeness (QED) is 0.478. The van der Waals surface area contributed by atoms with Gasteiger partial charge < -0.3 is 4.74 Å². The highest BCUT2D eigenvalue weighted by atomic mass is 19.1. The summed E-state index contributed by atoms with van der Waals surface area (Å²) in [5.41, 5.74) is 4.26. The number of fused-ring (bicyclic) bond motifs is 3. The summed E-state index contributed by atoms with van der Waals surface area (Å²) in [4.78, 5) is 21.5. The van der Waals surface area contributed by atoms with Crippen LogP contribution < -0.4 is 5.69 Å². The molecule has 1 aliphatic rings. The molecule has 0 saturated heterocycles. The second-order valence-electron chi connectivity index (χ2n) is 7.97. The minimum atomic E-state index is -0.507. The van der Waals surface area contributed by atoms with E-state index < -0.39 is 5.95 Å². The zero-order chi connectivity index (χ0) is 20.8. The van der Waals surface area contributed by atoms with Crippen LogP contribution in [0.3, 0.4) is 0 Å². The maximum atomic E-state index is 13.3. The van der Waals surface area contributed by atoms with E-state index in [9.17, 15) is 9.18 Å². The fraction of sp³-hybridized carbons (Fsp3) is 0.348. The largest absolute Gasteiger partial charge is 0.381 e. The lowest BCUT2D eigenvalue weighted by molar-refractivity contribution is 0.0585. The van der Waals surface area contributed by atoms with Gasteiger partial charge in [0, 0.05) is 37.3 Å². The Hall–Kier alpha value is -3.06. The summed E-state index contributed by atoms with van der Waals surface area (Å²) in [5, 5.41) is 0.917. The molecular formula is C23H23FN4O2. The maximum absolute atomic E-state index is 13.3. The highest BCUT2D eigenvalue weighted by molar-refractivity contribution is 6.04. The summed E-state index contributed by atoms with van der Waals surface area (Å²) in [6, 6.07) is 9.11. The van der Waals surface area contributed by atoms with E-state index >= 15 is 0 Å². The van der Waals surface area contributed by atoms with Gasteiger partial charge in [0.15, 0.2) is 0 Å². The van der Waals surface area contributed by atoms with Crippen molar-refractivity contribution < 1.29 is 9.13 Å². The monoisotopic (exact) mass is 406 g/mol. The van der Waals surface area contributed by atoms with Gasteiger partial charge in [-0.2, -0.15) is 4.39 Å². The first-order chi connectivity index (χ1) is 14.6. The molecule has 0 amide bonds. The van der Waals surface area contributed by atoms with Crippen LogP contribution in [0.5, 0.6) is 0 Å². The fourth-order valence-electron chi connectivity index (χ4n) is 4.63. The average molecular weight is 406 g/mol. The van der Waals surface area contributed by atoms with E-state index in [0.29, 0.717) is 0 Å². The molecule has 1 aliphatic carbocycles. The number of aryl methyl sites for hydroxylation is 1. The molecule has 1 fully saturated rings. The van der Waals surface area contributed by atoms with Gasteiger partial charge >= 0.3 is 5.69 Å². The van der Waals surface area contributed by atoms with Crippen molar-refractivity contribution in [2.24, 2.45) is 7.05 Å². The van der Waals surface area contributed by atoms with Crippen LogP contribution in [0.1, 0.15) is 31.7 Å². The van der Waals surface area contributed by atoms with Crippen LogP contribution in [-0.2, 0) is 11.8 Å². The molecule has 154 valence electrons. The summed E-state index contributed by atoms with van der Waals surface area (Å²) in [5.74, 6) is -0.507. The molecule has 0 unspecified atom stereocenters. The van der Waals surface area contributed by atoms with E-state index in [1.165, 1.54) is 12.3 Å². The lowest BCUT2D eigenvalue weighted by atomic mass is 9.92. The molecule has 0 bridgehead atoms. The van der Waals surface area contributed by atoms with Gasteiger partial charge in [0.1, 0.15) is 0 Å². The lowest BCUT2D eigenvalue weighted by Crippen LogP contribution is -2.30. The Morgan fingerprint density at radius 1 is 1.03 bits per heavy atom. The third-order valence-corrected chi connectivity index (χ3v) is 6.32. The molecule has 0 aliphatic heterocycles. The van der Waals surface area contributed by atoms with E-state index in [1.54, 1.807) is 31.0 Å². The normalized spacial score (nSPS) is 19.6. The van der Waals surface area contributed by atoms with Crippen molar-refractivity contribution in [3.8, 4) is 11.1 Å². The van der Waals surface area contributed by atoms with Gasteiger partial charge in [0.05, 0.1) is 28.9 Å². The molecule has 5 rings (SSSR count). The van der Waals surface area contributed by atoms with Crippen molar-refractivity contribution in [3.05, 3.63) is 59.2 Å². The smallest absolute Gasteiger partial charge is 0.329 e. The highest BCUT2D eigenvalue weighted by Gasteiger charge is 2.26. The first kappa shape index (κ1) is 18.9. The fourth-order valence-corrected chi connectivity index (χ4v) is 4.63. The molecule has 6 nitrogen and oxygen atoms in total. The third-order valence-electron chi connectivity index (χ3n) is 6.32. The molecule has 0 atom stereocenters. The topological polar surface area (TPSA) is 61.9 Å². The molecule has 0 N–H and O–H groups in total. The highest BCUT2D eigenvalue weighted by Crippen LogP contribution is 2.34. The van der Waals surface area contributed by atoms with E-state index in [-0.39, 0.29) is 17.8 Å². The van der Waals surface area contributed by atoms with Crippen LogP contribution in [0.4, 0.5) is 4.39 Å². The molecule has 1 aromatic carbocycles. The molecule has 1 saturated carbocycles. The number of hydrogen-bond acceptors (Lipinski definition) is 4. The van der Waals surface area contributed by atoms with Gasteiger partial charge in [-0.05, 0) is 55.5 Å². The van der Waals surface area contributed by atoms with Gasteiger partial charge in [-0.3, -0.25) is 14.1 Å². The van der Waals surface area contributed by atoms with Crippen LogP contribution in [0.15, 0.2) is 47.5 Å². The summed E-state index contributed by atoms with van der Waals surface area (Å²) in [7, 11) is 3.54. The van der Waals surface area contributed by atoms with Crippen molar-refractivity contribution in [1.29, 1.82) is 0 Å². The molecule has 3 aromatic heterocycles. The number of imidazole rings is 1. The SMILES string of the molecule is CO[C@H]1CC[C@@H](n2c(=O)n(C)c3cnc4ccc(-c5ccc(F)nc5)cc4c32)CC1. The standard InChI is InChI=1S/C23H23FN4O2/c1-27-20-13-25-19-9-3-14(15-4-10-21(24)26-12-15)11-18(19)22(20)28(23(27)29)16-5-7-17(30-2)8-6-16/h3-4,9-13,16-17H,5-8H2,1-2H3/t16-,17+. The summed E-state index contributed by atoms with van der Waals surface area (Å²) < 4.78 is 22.4. The maximum Gasteiger partial charge on any atom is 0.329 e. The molecular weight excluding hydrogens is 383 g/mol. The predicted molar refractivity (Wildman–Crippen MR) is 114 cm³/mol. The van der Waals surface area contributed by atoms with E-state index in [4.69, 9.17) is 4.74 Å². The molecule has 4 aromatic rings. The van der Waals surface area contributed by atoms with Crippen LogP contribution in [0, 0.1) is 5.95 Å². The van der Waals surface area contributed by atoms with Crippen LogP contribution in [0.25, 0.3) is 33.1 Å². The molecule has 0 spiro atoms. The lowest BCUT2D eigenvalue weighted by Gasteiger charge is -2.28. The summed E-state index contributed by atoms with van der Waals surface area (Å²) in [6.07, 6.45) is 7.26. The summed E-state index contributed by atoms with van der Waals surface area (Å²) >= 11 is 0. The Morgan fingerprint density at radius 3 is 2.50 bits per heavy atom.